The molecule has 0 amide bonds. The van der Waals surface area contributed by atoms with Gasteiger partial charge in [-0.25, -0.2) is 4.39 Å². The van der Waals surface area contributed by atoms with Crippen molar-refractivity contribution in [3.63, 3.8) is 0 Å². The van der Waals surface area contributed by atoms with Crippen LogP contribution in [0.5, 0.6) is 5.75 Å². The van der Waals surface area contributed by atoms with Crippen molar-refractivity contribution in [2.45, 2.75) is 12.8 Å². The van der Waals surface area contributed by atoms with Crippen molar-refractivity contribution < 1.29 is 19.0 Å². The zero-order chi connectivity index (χ0) is 10.1. The lowest BCUT2D eigenvalue weighted by molar-refractivity contribution is -0.150. The van der Waals surface area contributed by atoms with Crippen LogP contribution in [0.25, 0.3) is 0 Å². The Morgan fingerprint density at radius 3 is 2.93 bits per heavy atom. The van der Waals surface area contributed by atoms with Gasteiger partial charge >= 0.3 is 5.97 Å². The van der Waals surface area contributed by atoms with E-state index in [-0.39, 0.29) is 6.42 Å². The number of hydrogen-bond acceptors (Lipinski definition) is 2. The minimum atomic E-state index is -1.75. The van der Waals surface area contributed by atoms with Gasteiger partial charge in [-0.2, -0.15) is 0 Å². The molecule has 2 unspecified atom stereocenters. The van der Waals surface area contributed by atoms with Gasteiger partial charge in [0.05, 0.1) is 0 Å². The fraction of sp³-hybridized carbons (Fsp3) is 0.300. The molecular weight excluding hydrogens is 187 g/mol. The molecule has 2 rings (SSSR count). The van der Waals surface area contributed by atoms with Gasteiger partial charge in [0, 0.05) is 0 Å². The van der Waals surface area contributed by atoms with Crippen LogP contribution in [0.4, 0.5) is 4.39 Å². The summed E-state index contributed by atoms with van der Waals surface area (Å²) in [6, 6.07) is 6.89. The van der Waals surface area contributed by atoms with E-state index in [1.165, 1.54) is 0 Å². The summed E-state index contributed by atoms with van der Waals surface area (Å²) in [6.07, 6.45) is -1.56. The van der Waals surface area contributed by atoms with Crippen molar-refractivity contribution in [1.29, 1.82) is 0 Å². The highest BCUT2D eigenvalue weighted by Gasteiger charge is 2.34. The predicted octanol–water partition coefficient (Wildman–Crippen LogP) is 1.62. The molecule has 1 N–H and O–H groups in total. The molecule has 0 aliphatic carbocycles. The number of benzene rings is 1. The number of rotatable bonds is 1. The molecule has 0 bridgehead atoms. The van der Waals surface area contributed by atoms with Gasteiger partial charge in [-0.15, -0.1) is 0 Å². The Kier molecular flexibility index (Phi) is 2.11. The maximum atomic E-state index is 13.2. The lowest BCUT2D eigenvalue weighted by atomic mass is 9.96. The first-order valence-electron chi connectivity index (χ1n) is 4.30. The normalized spacial score (nSPS) is 24.9. The van der Waals surface area contributed by atoms with Crippen LogP contribution in [0.1, 0.15) is 5.56 Å². The maximum Gasteiger partial charge on any atom is 0.313 e. The van der Waals surface area contributed by atoms with Gasteiger partial charge in [0.2, 0.25) is 0 Å². The second kappa shape index (κ2) is 3.29. The first kappa shape index (κ1) is 8.99. The number of fused-ring (bicyclic) bond motifs is 1. The number of alkyl halides is 1. The van der Waals surface area contributed by atoms with Gasteiger partial charge in [0.1, 0.15) is 11.7 Å². The molecule has 0 spiro atoms. The maximum absolute atomic E-state index is 13.2. The fourth-order valence-electron chi connectivity index (χ4n) is 1.52. The number of halogens is 1. The Labute approximate surface area is 80.1 Å². The van der Waals surface area contributed by atoms with Gasteiger partial charge in [0.15, 0.2) is 0 Å². The SMILES string of the molecule is O=C(O)C1Cc2ccccc2OC1F. The molecule has 0 aromatic heterocycles. The summed E-state index contributed by atoms with van der Waals surface area (Å²) in [5, 5.41) is 8.71. The largest absolute Gasteiger partial charge is 0.481 e. The molecule has 0 fully saturated rings. The quantitative estimate of drug-likeness (QED) is 0.742. The smallest absolute Gasteiger partial charge is 0.313 e. The zero-order valence-corrected chi connectivity index (χ0v) is 7.31. The summed E-state index contributed by atoms with van der Waals surface area (Å²) in [6.45, 7) is 0. The van der Waals surface area contributed by atoms with Crippen molar-refractivity contribution in [2.75, 3.05) is 0 Å². The van der Waals surface area contributed by atoms with Crippen molar-refractivity contribution >= 4 is 5.97 Å². The summed E-state index contributed by atoms with van der Waals surface area (Å²) in [4.78, 5) is 10.7. The minimum Gasteiger partial charge on any atom is -0.481 e. The average molecular weight is 196 g/mol. The van der Waals surface area contributed by atoms with E-state index in [1.807, 2.05) is 0 Å². The summed E-state index contributed by atoms with van der Waals surface area (Å²) in [5.74, 6) is -1.81. The van der Waals surface area contributed by atoms with Crippen LogP contribution in [-0.2, 0) is 11.2 Å². The molecule has 0 saturated carbocycles. The van der Waals surface area contributed by atoms with E-state index < -0.39 is 18.2 Å². The predicted molar refractivity (Wildman–Crippen MR) is 46.8 cm³/mol. The van der Waals surface area contributed by atoms with E-state index in [0.29, 0.717) is 5.75 Å². The van der Waals surface area contributed by atoms with Gasteiger partial charge in [-0.05, 0) is 18.1 Å². The summed E-state index contributed by atoms with van der Waals surface area (Å²) in [5.41, 5.74) is 0.744. The monoisotopic (exact) mass is 196 g/mol. The molecular formula is C10H9FO3. The molecule has 2 atom stereocenters. The molecule has 14 heavy (non-hydrogen) atoms. The Hall–Kier alpha value is -1.58. The second-order valence-corrected chi connectivity index (χ2v) is 3.23. The van der Waals surface area contributed by atoms with Crippen LogP contribution in [0, 0.1) is 5.92 Å². The van der Waals surface area contributed by atoms with Crippen LogP contribution in [-0.4, -0.2) is 17.4 Å². The standard InChI is InChI=1S/C10H9FO3/c11-9-7(10(12)13)5-6-3-1-2-4-8(6)14-9/h1-4,7,9H,5H2,(H,12,13). The third-order valence-electron chi connectivity index (χ3n) is 2.29. The lowest BCUT2D eigenvalue weighted by Gasteiger charge is -2.25. The Bertz CT molecular complexity index is 364. The number of carboxylic acid groups (broad SMARTS) is 1. The van der Waals surface area contributed by atoms with Crippen LogP contribution >= 0.6 is 0 Å². The molecule has 1 aromatic carbocycles. The minimum absolute atomic E-state index is 0.187. The summed E-state index contributed by atoms with van der Waals surface area (Å²) < 4.78 is 18.0. The summed E-state index contributed by atoms with van der Waals surface area (Å²) in [7, 11) is 0. The van der Waals surface area contributed by atoms with Crippen molar-refractivity contribution in [2.24, 2.45) is 5.92 Å². The molecule has 1 aliphatic rings. The van der Waals surface area contributed by atoms with Gasteiger partial charge in [-0.1, -0.05) is 18.2 Å². The average Bonchev–Trinajstić information content (AvgIpc) is 2.16. The highest BCUT2D eigenvalue weighted by molar-refractivity contribution is 5.71. The Morgan fingerprint density at radius 1 is 1.50 bits per heavy atom. The van der Waals surface area contributed by atoms with Crippen LogP contribution in [0.3, 0.4) is 0 Å². The molecule has 4 heteroatoms. The Morgan fingerprint density at radius 2 is 2.21 bits per heavy atom. The van der Waals surface area contributed by atoms with E-state index in [2.05, 4.69) is 0 Å². The number of aliphatic carboxylic acids is 1. The fourth-order valence-corrected chi connectivity index (χ4v) is 1.52. The molecule has 74 valence electrons. The van der Waals surface area contributed by atoms with Gasteiger partial charge in [0.25, 0.3) is 6.36 Å². The molecule has 0 saturated heterocycles. The molecule has 0 radical (unpaired) electrons. The van der Waals surface area contributed by atoms with E-state index in [1.54, 1.807) is 24.3 Å². The molecule has 1 aromatic rings. The van der Waals surface area contributed by atoms with Gasteiger partial charge in [-0.3, -0.25) is 4.79 Å². The first-order chi connectivity index (χ1) is 6.68. The summed E-state index contributed by atoms with van der Waals surface area (Å²) >= 11 is 0. The Balaban J connectivity index is 2.31. The highest BCUT2D eigenvalue weighted by Crippen LogP contribution is 2.31. The van der Waals surface area contributed by atoms with Crippen molar-refractivity contribution in [3.8, 4) is 5.75 Å². The highest BCUT2D eigenvalue weighted by atomic mass is 19.1. The number of carboxylic acids is 1. The van der Waals surface area contributed by atoms with Crippen molar-refractivity contribution in [3.05, 3.63) is 29.8 Å². The zero-order valence-electron chi connectivity index (χ0n) is 7.31. The van der Waals surface area contributed by atoms with E-state index in [9.17, 15) is 9.18 Å². The topological polar surface area (TPSA) is 46.5 Å². The van der Waals surface area contributed by atoms with Crippen LogP contribution in [0.2, 0.25) is 0 Å². The third kappa shape index (κ3) is 1.43. The van der Waals surface area contributed by atoms with E-state index >= 15 is 0 Å². The lowest BCUT2D eigenvalue weighted by Crippen LogP contribution is -2.34. The molecule has 1 aliphatic heterocycles. The van der Waals surface area contributed by atoms with Crippen LogP contribution < -0.4 is 4.74 Å². The molecule has 3 nitrogen and oxygen atoms in total. The second-order valence-electron chi connectivity index (χ2n) is 3.23. The van der Waals surface area contributed by atoms with Crippen molar-refractivity contribution in [1.82, 2.24) is 0 Å². The third-order valence-corrected chi connectivity index (χ3v) is 2.29. The molecule has 1 heterocycles. The van der Waals surface area contributed by atoms with Gasteiger partial charge < -0.3 is 9.84 Å². The van der Waals surface area contributed by atoms with E-state index in [4.69, 9.17) is 9.84 Å². The number of hydrogen-bond donors (Lipinski definition) is 1. The first-order valence-corrected chi connectivity index (χ1v) is 4.30. The van der Waals surface area contributed by atoms with Crippen LogP contribution in [0.15, 0.2) is 24.3 Å². The number of para-hydroxylation sites is 1. The number of carbonyl (C=O) groups is 1. The number of ether oxygens (including phenoxy) is 1. The van der Waals surface area contributed by atoms with E-state index in [0.717, 1.165) is 5.56 Å².